The van der Waals surface area contributed by atoms with E-state index in [9.17, 15) is 9.90 Å². The third-order valence-electron chi connectivity index (χ3n) is 3.98. The summed E-state index contributed by atoms with van der Waals surface area (Å²) in [5.41, 5.74) is 2.48. The molecular weight excluding hydrogens is 264 g/mol. The highest BCUT2D eigenvalue weighted by Gasteiger charge is 2.24. The molecule has 1 unspecified atom stereocenters. The molecule has 1 aromatic rings. The highest BCUT2D eigenvalue weighted by atomic mass is 16.3. The van der Waals surface area contributed by atoms with Crippen molar-refractivity contribution in [3.05, 3.63) is 35.4 Å². The van der Waals surface area contributed by atoms with Gasteiger partial charge in [-0.2, -0.15) is 0 Å². The van der Waals surface area contributed by atoms with Crippen molar-refractivity contribution in [2.24, 2.45) is 5.41 Å². The van der Waals surface area contributed by atoms with Crippen molar-refractivity contribution in [2.45, 2.75) is 46.3 Å². The second-order valence-corrected chi connectivity index (χ2v) is 6.82. The normalized spacial score (nSPS) is 16.3. The van der Waals surface area contributed by atoms with E-state index in [1.807, 2.05) is 17.0 Å². The molecule has 0 radical (unpaired) electrons. The van der Waals surface area contributed by atoms with E-state index in [0.29, 0.717) is 19.5 Å². The van der Waals surface area contributed by atoms with Crippen molar-refractivity contribution < 1.29 is 9.90 Å². The first-order valence-electron chi connectivity index (χ1n) is 7.65. The molecule has 1 heterocycles. The summed E-state index contributed by atoms with van der Waals surface area (Å²) in [5.74, 6) is 0. The molecule has 21 heavy (non-hydrogen) atoms. The van der Waals surface area contributed by atoms with Crippen molar-refractivity contribution in [3.63, 3.8) is 0 Å². The van der Waals surface area contributed by atoms with Crippen LogP contribution in [0.3, 0.4) is 0 Å². The van der Waals surface area contributed by atoms with E-state index in [1.54, 1.807) is 6.92 Å². The van der Waals surface area contributed by atoms with Crippen molar-refractivity contribution in [2.75, 3.05) is 13.1 Å². The number of benzene rings is 1. The van der Waals surface area contributed by atoms with Crippen molar-refractivity contribution >= 4 is 6.03 Å². The molecule has 2 amide bonds. The summed E-state index contributed by atoms with van der Waals surface area (Å²) < 4.78 is 0. The van der Waals surface area contributed by atoms with E-state index in [1.165, 1.54) is 11.1 Å². The molecule has 4 nitrogen and oxygen atoms in total. The zero-order valence-corrected chi connectivity index (χ0v) is 13.2. The summed E-state index contributed by atoms with van der Waals surface area (Å²) >= 11 is 0. The Morgan fingerprint density at radius 3 is 2.71 bits per heavy atom. The third-order valence-corrected chi connectivity index (χ3v) is 3.98. The Bertz CT molecular complexity index is 497. The van der Waals surface area contributed by atoms with Gasteiger partial charge in [-0.1, -0.05) is 38.1 Å². The molecule has 1 aliphatic heterocycles. The fourth-order valence-corrected chi connectivity index (χ4v) is 2.97. The van der Waals surface area contributed by atoms with Gasteiger partial charge in [0.15, 0.2) is 0 Å². The average Bonchev–Trinajstić information content (AvgIpc) is 2.43. The zero-order chi connectivity index (χ0) is 15.5. The van der Waals surface area contributed by atoms with E-state index in [0.717, 1.165) is 13.0 Å². The van der Waals surface area contributed by atoms with Crippen LogP contribution in [0.4, 0.5) is 4.79 Å². The maximum atomic E-state index is 12.3. The second-order valence-electron chi connectivity index (χ2n) is 6.82. The Balaban J connectivity index is 1.88. The number of aliphatic hydroxyl groups is 1. The quantitative estimate of drug-likeness (QED) is 0.895. The average molecular weight is 290 g/mol. The Kier molecular flexibility index (Phi) is 4.88. The number of carbonyl (C=O) groups is 1. The molecule has 2 N–H and O–H groups in total. The van der Waals surface area contributed by atoms with Gasteiger partial charge in [0.2, 0.25) is 0 Å². The third kappa shape index (κ3) is 4.46. The maximum absolute atomic E-state index is 12.3. The van der Waals surface area contributed by atoms with E-state index >= 15 is 0 Å². The number of aliphatic hydroxyl groups excluding tert-OH is 1. The lowest BCUT2D eigenvalue weighted by Crippen LogP contribution is -2.45. The van der Waals surface area contributed by atoms with Crippen molar-refractivity contribution in [1.82, 2.24) is 10.2 Å². The molecule has 0 spiro atoms. The molecule has 0 saturated heterocycles. The Morgan fingerprint density at radius 1 is 1.38 bits per heavy atom. The van der Waals surface area contributed by atoms with Crippen LogP contribution in [0, 0.1) is 5.41 Å². The largest absolute Gasteiger partial charge is 0.393 e. The highest BCUT2D eigenvalue weighted by molar-refractivity contribution is 5.74. The van der Waals surface area contributed by atoms with E-state index in [2.05, 4.69) is 31.3 Å². The number of carbonyl (C=O) groups excluding carboxylic acids is 1. The second kappa shape index (κ2) is 6.48. The fourth-order valence-electron chi connectivity index (χ4n) is 2.97. The van der Waals surface area contributed by atoms with E-state index in [-0.39, 0.29) is 17.6 Å². The predicted octanol–water partition coefficient (Wildman–Crippen LogP) is 2.55. The van der Waals surface area contributed by atoms with Crippen LogP contribution < -0.4 is 5.32 Å². The fraction of sp³-hybridized carbons (Fsp3) is 0.588. The lowest BCUT2D eigenvalue weighted by molar-refractivity contribution is 0.126. The first kappa shape index (κ1) is 15.8. The highest BCUT2D eigenvalue weighted by Crippen LogP contribution is 2.22. The summed E-state index contributed by atoms with van der Waals surface area (Å²) in [6.45, 7) is 7.93. The SMILES string of the molecule is CC(O)CC(C)(C)CNC(=O)N1CCc2ccccc2C1. The number of hydrogen-bond acceptors (Lipinski definition) is 2. The molecule has 0 bridgehead atoms. The van der Waals surface area contributed by atoms with Crippen molar-refractivity contribution in [3.8, 4) is 0 Å². The zero-order valence-electron chi connectivity index (χ0n) is 13.2. The summed E-state index contributed by atoms with van der Waals surface area (Å²) in [5, 5.41) is 12.5. The van der Waals surface area contributed by atoms with Gasteiger partial charge in [-0.05, 0) is 36.3 Å². The lowest BCUT2D eigenvalue weighted by Gasteiger charge is -2.31. The first-order chi connectivity index (χ1) is 9.87. The van der Waals surface area contributed by atoms with Gasteiger partial charge in [0.05, 0.1) is 6.10 Å². The summed E-state index contributed by atoms with van der Waals surface area (Å²) in [7, 11) is 0. The maximum Gasteiger partial charge on any atom is 0.317 e. The molecule has 0 aliphatic carbocycles. The first-order valence-corrected chi connectivity index (χ1v) is 7.65. The van der Waals surface area contributed by atoms with E-state index in [4.69, 9.17) is 0 Å². The number of nitrogens with zero attached hydrogens (tertiary/aromatic N) is 1. The molecule has 116 valence electrons. The summed E-state index contributed by atoms with van der Waals surface area (Å²) in [4.78, 5) is 14.2. The van der Waals surface area contributed by atoms with Crippen LogP contribution in [0.1, 0.15) is 38.3 Å². The van der Waals surface area contributed by atoms with Crippen LogP contribution in [-0.4, -0.2) is 35.2 Å². The molecule has 1 atom stereocenters. The smallest absolute Gasteiger partial charge is 0.317 e. The number of nitrogens with one attached hydrogen (secondary N) is 1. The van der Waals surface area contributed by atoms with Crippen LogP contribution in [0.5, 0.6) is 0 Å². The van der Waals surface area contributed by atoms with Crippen LogP contribution in [0.2, 0.25) is 0 Å². The van der Waals surface area contributed by atoms with E-state index < -0.39 is 0 Å². The molecule has 1 aliphatic rings. The molecule has 0 fully saturated rings. The number of urea groups is 1. The van der Waals surface area contributed by atoms with Gasteiger partial charge in [0.1, 0.15) is 0 Å². The molecule has 1 aromatic carbocycles. The van der Waals surface area contributed by atoms with Gasteiger partial charge in [-0.3, -0.25) is 0 Å². The number of rotatable bonds is 4. The van der Waals surface area contributed by atoms with Gasteiger partial charge < -0.3 is 15.3 Å². The minimum Gasteiger partial charge on any atom is -0.393 e. The van der Waals surface area contributed by atoms with Gasteiger partial charge in [-0.25, -0.2) is 4.79 Å². The van der Waals surface area contributed by atoms with Gasteiger partial charge in [0.25, 0.3) is 0 Å². The van der Waals surface area contributed by atoms with Gasteiger partial charge >= 0.3 is 6.03 Å². The molecule has 4 heteroatoms. The summed E-state index contributed by atoms with van der Waals surface area (Å²) in [6.07, 6.45) is 1.25. The Labute approximate surface area is 127 Å². The number of hydrogen-bond donors (Lipinski definition) is 2. The minimum atomic E-state index is -0.348. The lowest BCUT2D eigenvalue weighted by atomic mass is 9.87. The number of amides is 2. The van der Waals surface area contributed by atoms with Crippen LogP contribution in [0.15, 0.2) is 24.3 Å². The predicted molar refractivity (Wildman–Crippen MR) is 84.0 cm³/mol. The monoisotopic (exact) mass is 290 g/mol. The number of fused-ring (bicyclic) bond motifs is 1. The standard InChI is InChI=1S/C17H26N2O2/c1-13(20)10-17(2,3)12-18-16(21)19-9-8-14-6-4-5-7-15(14)11-19/h4-7,13,20H,8-12H2,1-3H3,(H,18,21). The molecule has 2 rings (SSSR count). The van der Waals surface area contributed by atoms with Gasteiger partial charge in [0, 0.05) is 19.6 Å². The van der Waals surface area contributed by atoms with Crippen LogP contribution in [-0.2, 0) is 13.0 Å². The molecule has 0 saturated carbocycles. The van der Waals surface area contributed by atoms with Crippen LogP contribution >= 0.6 is 0 Å². The minimum absolute atomic E-state index is 0.0110. The Morgan fingerprint density at radius 2 is 2.05 bits per heavy atom. The Hall–Kier alpha value is -1.55. The molecular formula is C17H26N2O2. The van der Waals surface area contributed by atoms with Crippen molar-refractivity contribution in [1.29, 1.82) is 0 Å². The van der Waals surface area contributed by atoms with Crippen LogP contribution in [0.25, 0.3) is 0 Å². The summed E-state index contributed by atoms with van der Waals surface area (Å²) in [6, 6.07) is 8.28. The molecule has 0 aromatic heterocycles. The van der Waals surface area contributed by atoms with Gasteiger partial charge in [-0.15, -0.1) is 0 Å². The topological polar surface area (TPSA) is 52.6 Å².